The van der Waals surface area contributed by atoms with E-state index >= 15 is 0 Å². The lowest BCUT2D eigenvalue weighted by Gasteiger charge is -2.34. The minimum absolute atomic E-state index is 0.0899. The number of pyridine rings is 1. The molecule has 0 aliphatic carbocycles. The van der Waals surface area contributed by atoms with Crippen molar-refractivity contribution in [2.24, 2.45) is 11.3 Å². The Kier molecular flexibility index (Phi) is 29.4. The number of rotatable bonds is 33. The van der Waals surface area contributed by atoms with E-state index in [1.165, 1.54) is 18.2 Å². The van der Waals surface area contributed by atoms with Crippen LogP contribution in [-0.4, -0.2) is 166 Å². The molecule has 2 aromatic heterocycles. The summed E-state index contributed by atoms with van der Waals surface area (Å²) in [7, 11) is 4.74. The quantitative estimate of drug-likeness (QED) is 0.0332. The number of nitrogens with one attached hydrogen (secondary N) is 2. The molecular weight excluding hydrogens is 1180 g/mol. The van der Waals surface area contributed by atoms with Gasteiger partial charge < -0.3 is 54.0 Å². The van der Waals surface area contributed by atoms with Gasteiger partial charge in [0.25, 0.3) is 0 Å². The highest BCUT2D eigenvalue weighted by Gasteiger charge is 2.44. The summed E-state index contributed by atoms with van der Waals surface area (Å²) < 4.78 is 33.1. The Hall–Kier alpha value is -6.15. The van der Waals surface area contributed by atoms with E-state index in [2.05, 4.69) is 38.5 Å². The number of likely N-dealkylation sites (tertiary alicyclic amines) is 1. The van der Waals surface area contributed by atoms with Gasteiger partial charge in [-0.15, -0.1) is 11.3 Å². The first-order chi connectivity index (χ1) is 42.4. The van der Waals surface area contributed by atoms with Crippen molar-refractivity contribution in [1.29, 1.82) is 5.26 Å². The van der Waals surface area contributed by atoms with Crippen molar-refractivity contribution >= 4 is 80.3 Å². The number of piperazine rings is 1. The fourth-order valence-corrected chi connectivity index (χ4v) is 11.9. The molecule has 5 aromatic rings. The minimum Gasteiger partial charge on any atom is -0.495 e. The molecule has 19 nitrogen and oxygen atoms in total. The molecule has 2 fully saturated rings. The number of nitriles is 1. The molecule has 0 saturated carbocycles. The predicted molar refractivity (Wildman–Crippen MR) is 346 cm³/mol. The largest absolute Gasteiger partial charge is 0.495 e. The fourth-order valence-electron chi connectivity index (χ4n) is 10.6. The van der Waals surface area contributed by atoms with Crippen molar-refractivity contribution in [3.8, 4) is 33.8 Å². The SMILES string of the molecule is CCCCCCC(=O)C[C@H](C(=O)N1C[C@H](O)C[C@H]1C(=O)NCc1ccc(-c2scnc2C)cc1)C(C)(C)C.COCCOCCOCCCCCC(=O)N1CCN(CCCOc2cc3ncc(C#N)c(Nc4cc(OC)c(Cl)cc4Cl)c3cc2OC)CC1. The topological polar surface area (TPSA) is 227 Å². The van der Waals surface area contributed by atoms with Gasteiger partial charge in [0.05, 0.1) is 102 Å². The maximum absolute atomic E-state index is 13.7. The molecule has 0 bridgehead atoms. The lowest BCUT2D eigenvalue weighted by atomic mass is 9.76. The number of aliphatic hydroxyl groups is 1. The summed E-state index contributed by atoms with van der Waals surface area (Å²) in [6, 6.07) is 16.3. The van der Waals surface area contributed by atoms with Crippen LogP contribution < -0.4 is 24.8 Å². The van der Waals surface area contributed by atoms with Crippen molar-refractivity contribution in [2.75, 3.05) is 106 Å². The molecule has 3 aromatic carbocycles. The standard InChI is InChI=1S/C36H47Cl2N5O7.C30H43N3O4S/c1-45-16-17-49-19-18-48-14-6-4-5-8-35(44)43-12-10-42(11-13-43)9-7-15-50-34-22-30-27(20-33(34)47-3)36(26(24-39)25-40-30)41-31-23-32(46-2)29(38)21-28(31)37;1-6-7-8-9-10-23(34)15-25(30(3,4)5)29(37)33-18-24(35)16-26(33)28(36)31-17-21-11-13-22(14-12-21)27-20(2)32-19-38-27/h20-23,25H,4-19H2,1-3H3,(H,40,41);11-14,19,24-26,35H,6-10,15-18H2,1-5H3,(H,31,36)/t;24-,25-,26+/m.1/s1. The van der Waals surface area contributed by atoms with Crippen LogP contribution in [0.3, 0.4) is 0 Å². The van der Waals surface area contributed by atoms with Crippen LogP contribution in [0.1, 0.15) is 122 Å². The number of methoxy groups -OCH3 is 3. The number of anilines is 2. The molecule has 0 radical (unpaired) electrons. The number of fused-ring (bicyclic) bond motifs is 1. The Morgan fingerprint density at radius 3 is 2.19 bits per heavy atom. The molecule has 3 amide bonds. The Morgan fingerprint density at radius 1 is 0.818 bits per heavy atom. The number of hydrogen-bond acceptors (Lipinski definition) is 17. The van der Waals surface area contributed by atoms with Crippen LogP contribution in [-0.2, 0) is 39.9 Å². The maximum atomic E-state index is 13.7. The highest BCUT2D eigenvalue weighted by atomic mass is 35.5. The summed E-state index contributed by atoms with van der Waals surface area (Å²) in [5.74, 6) is 0.796. The molecular formula is C66H90Cl2N8O11S. The summed E-state index contributed by atoms with van der Waals surface area (Å²) in [5, 5.41) is 27.8. The van der Waals surface area contributed by atoms with E-state index in [9.17, 15) is 29.5 Å². The van der Waals surface area contributed by atoms with Crippen LogP contribution in [0.2, 0.25) is 10.0 Å². The number of carbonyl (C=O) groups excluding carboxylic acids is 4. The van der Waals surface area contributed by atoms with Crippen molar-refractivity contribution in [1.82, 2.24) is 30.0 Å². The number of benzene rings is 3. The van der Waals surface area contributed by atoms with Gasteiger partial charge in [-0.05, 0) is 61.3 Å². The zero-order valence-electron chi connectivity index (χ0n) is 52.6. The zero-order valence-corrected chi connectivity index (χ0v) is 54.9. The Morgan fingerprint density at radius 2 is 1.52 bits per heavy atom. The number of unbranched alkanes of at least 4 members (excludes halogenated alkanes) is 5. The smallest absolute Gasteiger partial charge is 0.243 e. The lowest BCUT2D eigenvalue weighted by molar-refractivity contribution is -0.146. The monoisotopic (exact) mass is 1270 g/mol. The van der Waals surface area contributed by atoms with E-state index in [0.29, 0.717) is 114 Å². The Bertz CT molecular complexity index is 3070. The second-order valence-corrected chi connectivity index (χ2v) is 24.9. The molecule has 4 heterocycles. The van der Waals surface area contributed by atoms with Gasteiger partial charge in [0, 0.05) is 115 Å². The van der Waals surface area contributed by atoms with Crippen LogP contribution in [0.15, 0.2) is 60.2 Å². The molecule has 3 atom stereocenters. The molecule has 2 aliphatic rings. The number of thiazole rings is 1. The molecule has 7 rings (SSSR count). The van der Waals surface area contributed by atoms with Gasteiger partial charge in [0.15, 0.2) is 11.5 Å². The maximum Gasteiger partial charge on any atom is 0.243 e. The first-order valence-electron chi connectivity index (χ1n) is 30.6. The van der Waals surface area contributed by atoms with Crippen LogP contribution >= 0.6 is 34.5 Å². The second-order valence-electron chi connectivity index (χ2n) is 23.3. The minimum atomic E-state index is -0.762. The number of amides is 3. The van der Waals surface area contributed by atoms with E-state index in [4.69, 9.17) is 51.6 Å². The molecule has 2 aliphatic heterocycles. The van der Waals surface area contributed by atoms with Gasteiger partial charge in [-0.25, -0.2) is 4.98 Å². The Balaban J connectivity index is 0.000000292. The molecule has 0 spiro atoms. The number of aromatic nitrogens is 2. The predicted octanol–water partition coefficient (Wildman–Crippen LogP) is 11.6. The molecule has 480 valence electrons. The summed E-state index contributed by atoms with van der Waals surface area (Å²) >= 11 is 14.3. The first kappa shape index (κ1) is 70.9. The van der Waals surface area contributed by atoms with Gasteiger partial charge in [-0.2, -0.15) is 5.26 Å². The number of halogens is 2. The number of nitrogens with zero attached hydrogens (tertiary/aromatic N) is 6. The number of carbonyl (C=O) groups is 4. The third kappa shape index (κ3) is 21.5. The summed E-state index contributed by atoms with van der Waals surface area (Å²) in [4.78, 5) is 68.1. The average Bonchev–Trinajstić information content (AvgIpc) is 1.18. The average molecular weight is 1270 g/mol. The molecule has 22 heteroatoms. The van der Waals surface area contributed by atoms with E-state index in [-0.39, 0.29) is 42.9 Å². The van der Waals surface area contributed by atoms with Gasteiger partial charge in [0.1, 0.15) is 23.6 Å². The highest BCUT2D eigenvalue weighted by molar-refractivity contribution is 7.13. The molecule has 88 heavy (non-hydrogen) atoms. The van der Waals surface area contributed by atoms with E-state index in [1.807, 2.05) is 68.4 Å². The fraction of sp³-hybridized carbons (Fsp3) is 0.561. The third-order valence-corrected chi connectivity index (χ3v) is 17.3. The lowest BCUT2D eigenvalue weighted by Crippen LogP contribution is -2.50. The van der Waals surface area contributed by atoms with Gasteiger partial charge >= 0.3 is 0 Å². The first-order valence-corrected chi connectivity index (χ1v) is 32.3. The third-order valence-electron chi connectivity index (χ3n) is 15.7. The number of β-amino-alcohol motifs (C(OH)–C–C–N with tert-alkyl or cyclic N) is 1. The van der Waals surface area contributed by atoms with Gasteiger partial charge in [0.2, 0.25) is 17.7 Å². The van der Waals surface area contributed by atoms with Crippen LogP contribution in [0.5, 0.6) is 17.2 Å². The normalized spacial score (nSPS) is 15.5. The van der Waals surface area contributed by atoms with E-state index < -0.39 is 23.5 Å². The number of ether oxygens (including phenoxy) is 6. The summed E-state index contributed by atoms with van der Waals surface area (Å²) in [5.41, 5.74) is 6.41. The molecule has 2 saturated heterocycles. The van der Waals surface area contributed by atoms with Gasteiger partial charge in [-0.1, -0.05) is 101 Å². The Labute approximate surface area is 533 Å². The summed E-state index contributed by atoms with van der Waals surface area (Å²) in [6.45, 7) is 17.9. The number of hydrogen-bond donors (Lipinski definition) is 3. The van der Waals surface area contributed by atoms with Crippen LogP contribution in [0.25, 0.3) is 21.3 Å². The molecule has 0 unspecified atom stereocenters. The molecule has 3 N–H and O–H groups in total. The second kappa shape index (κ2) is 36.5. The number of aryl methyl sites for hydroxylation is 1. The summed E-state index contributed by atoms with van der Waals surface area (Å²) in [6.07, 6.45) is 9.84. The van der Waals surface area contributed by atoms with Gasteiger partial charge in [-0.3, -0.25) is 29.1 Å². The van der Waals surface area contributed by atoms with E-state index in [1.54, 1.807) is 43.8 Å². The van der Waals surface area contributed by atoms with Crippen molar-refractivity contribution in [3.05, 3.63) is 87.1 Å². The van der Waals surface area contributed by atoms with Crippen molar-refractivity contribution in [2.45, 2.75) is 130 Å². The highest BCUT2D eigenvalue weighted by Crippen LogP contribution is 2.41. The number of ketones is 1. The number of aliphatic hydroxyl groups excluding tert-OH is 1. The zero-order chi connectivity index (χ0) is 63.6. The van der Waals surface area contributed by atoms with Crippen molar-refractivity contribution < 1.29 is 52.7 Å². The number of Topliss-reactive ketones (excluding diaryl/α,β-unsaturated/α-hetero) is 1. The van der Waals surface area contributed by atoms with Crippen LogP contribution in [0.4, 0.5) is 11.4 Å². The van der Waals surface area contributed by atoms with E-state index in [0.717, 1.165) is 106 Å². The van der Waals surface area contributed by atoms with Crippen LogP contribution in [0, 0.1) is 29.6 Å². The van der Waals surface area contributed by atoms with Crippen molar-refractivity contribution in [3.63, 3.8) is 0 Å².